The molecule has 1 fully saturated rings. The van der Waals surface area contributed by atoms with Gasteiger partial charge in [0.05, 0.1) is 5.41 Å². The third kappa shape index (κ3) is 5.15. The molecule has 1 N–H and O–H groups in total. The van der Waals surface area contributed by atoms with Crippen LogP contribution in [-0.4, -0.2) is 39.3 Å². The van der Waals surface area contributed by atoms with Gasteiger partial charge in [0, 0.05) is 43.5 Å². The highest BCUT2D eigenvalue weighted by atomic mass is 79.9. The quantitative estimate of drug-likeness (QED) is 0.608. The molecule has 0 bridgehead atoms. The van der Waals surface area contributed by atoms with E-state index in [4.69, 9.17) is 4.74 Å². The molecule has 0 aliphatic carbocycles. The van der Waals surface area contributed by atoms with Crippen LogP contribution in [0.1, 0.15) is 31.2 Å². The van der Waals surface area contributed by atoms with Crippen LogP contribution in [0, 0.1) is 0 Å². The Labute approximate surface area is 176 Å². The Morgan fingerprint density at radius 3 is 2.43 bits per heavy atom. The topological polar surface area (TPSA) is 41.6 Å². The standard InChI is InChI=1S/C23H29BrN2O2/c1-26(21-7-3-2-4-8-21)16-6-5-15-25-22(27)23(13-17-28-18-14-23)19-9-11-20(24)12-10-19/h2-4,7-12H,5-6,13-18H2,1H3,(H,25,27). The number of carbonyl (C=O) groups is 1. The zero-order chi connectivity index (χ0) is 19.8. The molecule has 1 amide bonds. The predicted molar refractivity (Wildman–Crippen MR) is 118 cm³/mol. The smallest absolute Gasteiger partial charge is 0.230 e. The number of hydrogen-bond donors (Lipinski definition) is 1. The first kappa shape index (κ1) is 20.9. The van der Waals surface area contributed by atoms with Crippen LogP contribution in [0.2, 0.25) is 0 Å². The summed E-state index contributed by atoms with van der Waals surface area (Å²) in [6, 6.07) is 18.5. The van der Waals surface area contributed by atoms with Gasteiger partial charge < -0.3 is 15.0 Å². The lowest BCUT2D eigenvalue weighted by Crippen LogP contribution is -2.48. The van der Waals surface area contributed by atoms with E-state index in [1.807, 2.05) is 18.2 Å². The number of amides is 1. The molecule has 150 valence electrons. The number of nitrogens with zero attached hydrogens (tertiary/aromatic N) is 1. The van der Waals surface area contributed by atoms with Crippen molar-refractivity contribution >= 4 is 27.5 Å². The summed E-state index contributed by atoms with van der Waals surface area (Å²) in [7, 11) is 2.11. The van der Waals surface area contributed by atoms with Gasteiger partial charge >= 0.3 is 0 Å². The number of nitrogens with one attached hydrogen (secondary N) is 1. The van der Waals surface area contributed by atoms with Crippen molar-refractivity contribution in [2.75, 3.05) is 38.3 Å². The minimum atomic E-state index is -0.472. The van der Waals surface area contributed by atoms with Gasteiger partial charge in [-0.3, -0.25) is 4.79 Å². The van der Waals surface area contributed by atoms with E-state index >= 15 is 0 Å². The second kappa shape index (κ2) is 10.1. The number of benzene rings is 2. The van der Waals surface area contributed by atoms with Crippen LogP contribution in [0.15, 0.2) is 59.1 Å². The highest BCUT2D eigenvalue weighted by molar-refractivity contribution is 9.10. The predicted octanol–water partition coefficient (Wildman–Crippen LogP) is 4.53. The molecule has 0 atom stereocenters. The summed E-state index contributed by atoms with van der Waals surface area (Å²) in [5, 5.41) is 3.20. The molecule has 0 spiro atoms. The molecule has 0 radical (unpaired) electrons. The van der Waals surface area contributed by atoms with Crippen molar-refractivity contribution in [2.24, 2.45) is 0 Å². The number of anilines is 1. The minimum Gasteiger partial charge on any atom is -0.381 e. The minimum absolute atomic E-state index is 0.134. The largest absolute Gasteiger partial charge is 0.381 e. The molecule has 1 aliphatic rings. The average Bonchev–Trinajstić information content (AvgIpc) is 2.74. The summed E-state index contributed by atoms with van der Waals surface area (Å²) in [5.74, 6) is 0.134. The highest BCUT2D eigenvalue weighted by Gasteiger charge is 2.41. The summed E-state index contributed by atoms with van der Waals surface area (Å²) in [6.45, 7) is 2.95. The molecule has 0 saturated carbocycles. The lowest BCUT2D eigenvalue weighted by molar-refractivity contribution is -0.130. The van der Waals surface area contributed by atoms with Crippen molar-refractivity contribution in [3.05, 3.63) is 64.6 Å². The molecule has 28 heavy (non-hydrogen) atoms. The third-order valence-electron chi connectivity index (χ3n) is 5.58. The van der Waals surface area contributed by atoms with E-state index in [1.165, 1.54) is 5.69 Å². The molecule has 3 rings (SSSR count). The Bertz CT molecular complexity index is 743. The summed E-state index contributed by atoms with van der Waals surface area (Å²) in [5.41, 5.74) is 1.84. The lowest BCUT2D eigenvalue weighted by Gasteiger charge is -2.36. The van der Waals surface area contributed by atoms with Crippen LogP contribution in [-0.2, 0) is 14.9 Å². The van der Waals surface area contributed by atoms with Gasteiger partial charge in [0.15, 0.2) is 0 Å². The fraction of sp³-hybridized carbons (Fsp3) is 0.435. The van der Waals surface area contributed by atoms with Gasteiger partial charge in [0.1, 0.15) is 0 Å². The first-order valence-corrected chi connectivity index (χ1v) is 10.8. The Morgan fingerprint density at radius 2 is 1.75 bits per heavy atom. The van der Waals surface area contributed by atoms with Gasteiger partial charge in [-0.25, -0.2) is 0 Å². The van der Waals surface area contributed by atoms with Crippen molar-refractivity contribution in [3.8, 4) is 0 Å². The number of ether oxygens (including phenoxy) is 1. The van der Waals surface area contributed by atoms with Crippen LogP contribution in [0.3, 0.4) is 0 Å². The molecule has 1 aliphatic heterocycles. The van der Waals surface area contributed by atoms with E-state index in [0.29, 0.717) is 19.8 Å². The van der Waals surface area contributed by atoms with Gasteiger partial charge in [-0.15, -0.1) is 0 Å². The number of halogens is 1. The molecular weight excluding hydrogens is 416 g/mol. The molecule has 5 heteroatoms. The molecule has 2 aromatic carbocycles. The van der Waals surface area contributed by atoms with Crippen molar-refractivity contribution in [1.29, 1.82) is 0 Å². The number of unbranched alkanes of at least 4 members (excludes halogenated alkanes) is 1. The zero-order valence-electron chi connectivity index (χ0n) is 16.5. The molecule has 1 heterocycles. The second-order valence-electron chi connectivity index (χ2n) is 7.42. The molecule has 1 saturated heterocycles. The number of carbonyl (C=O) groups excluding carboxylic acids is 1. The van der Waals surface area contributed by atoms with Gasteiger partial charge in [0.2, 0.25) is 5.91 Å². The van der Waals surface area contributed by atoms with Crippen molar-refractivity contribution in [2.45, 2.75) is 31.1 Å². The van der Waals surface area contributed by atoms with E-state index in [1.54, 1.807) is 0 Å². The maximum atomic E-state index is 13.1. The van der Waals surface area contributed by atoms with E-state index in [9.17, 15) is 4.79 Å². The Kier molecular flexibility index (Phi) is 7.51. The van der Waals surface area contributed by atoms with E-state index in [0.717, 1.165) is 42.3 Å². The van der Waals surface area contributed by atoms with E-state index in [2.05, 4.69) is 69.6 Å². The molecule has 4 nitrogen and oxygen atoms in total. The Balaban J connectivity index is 1.51. The first-order valence-electron chi connectivity index (χ1n) is 10.0. The van der Waals surface area contributed by atoms with Gasteiger partial charge in [0.25, 0.3) is 0 Å². The maximum absolute atomic E-state index is 13.1. The normalized spacial score (nSPS) is 15.8. The monoisotopic (exact) mass is 444 g/mol. The molecule has 0 aromatic heterocycles. The number of para-hydroxylation sites is 1. The first-order chi connectivity index (χ1) is 13.6. The van der Waals surface area contributed by atoms with Gasteiger partial charge in [-0.2, -0.15) is 0 Å². The Hall–Kier alpha value is -1.85. The second-order valence-corrected chi connectivity index (χ2v) is 8.34. The van der Waals surface area contributed by atoms with Crippen LogP contribution in [0.25, 0.3) is 0 Å². The number of hydrogen-bond acceptors (Lipinski definition) is 3. The lowest BCUT2D eigenvalue weighted by atomic mass is 9.73. The molecule has 2 aromatic rings. The van der Waals surface area contributed by atoms with Crippen LogP contribution in [0.4, 0.5) is 5.69 Å². The summed E-state index contributed by atoms with van der Waals surface area (Å²) in [6.07, 6.45) is 3.48. The van der Waals surface area contributed by atoms with Gasteiger partial charge in [-0.1, -0.05) is 46.3 Å². The van der Waals surface area contributed by atoms with Crippen molar-refractivity contribution in [1.82, 2.24) is 5.32 Å². The Morgan fingerprint density at radius 1 is 1.07 bits per heavy atom. The summed E-state index contributed by atoms with van der Waals surface area (Å²) < 4.78 is 6.57. The number of rotatable bonds is 8. The van der Waals surface area contributed by atoms with E-state index in [-0.39, 0.29) is 5.91 Å². The van der Waals surface area contributed by atoms with Crippen LogP contribution >= 0.6 is 15.9 Å². The fourth-order valence-corrected chi connectivity index (χ4v) is 4.06. The molecule has 0 unspecified atom stereocenters. The molecular formula is C23H29BrN2O2. The SMILES string of the molecule is CN(CCCCNC(=O)C1(c2ccc(Br)cc2)CCOCC1)c1ccccc1. The van der Waals surface area contributed by atoms with Crippen molar-refractivity contribution in [3.63, 3.8) is 0 Å². The fourth-order valence-electron chi connectivity index (χ4n) is 3.79. The van der Waals surface area contributed by atoms with Crippen molar-refractivity contribution < 1.29 is 9.53 Å². The van der Waals surface area contributed by atoms with Gasteiger partial charge in [-0.05, 0) is 55.5 Å². The summed E-state index contributed by atoms with van der Waals surface area (Å²) in [4.78, 5) is 15.4. The van der Waals surface area contributed by atoms with Crippen LogP contribution < -0.4 is 10.2 Å². The van der Waals surface area contributed by atoms with E-state index < -0.39 is 5.41 Å². The summed E-state index contributed by atoms with van der Waals surface area (Å²) >= 11 is 3.48. The highest BCUT2D eigenvalue weighted by Crippen LogP contribution is 2.35. The zero-order valence-corrected chi connectivity index (χ0v) is 18.1. The maximum Gasteiger partial charge on any atom is 0.230 e. The average molecular weight is 445 g/mol. The van der Waals surface area contributed by atoms with Crippen LogP contribution in [0.5, 0.6) is 0 Å². The third-order valence-corrected chi connectivity index (χ3v) is 6.11.